The fraction of sp³-hybridized carbons (Fsp3) is 0.444. The molecule has 2 aliphatic rings. The molecular weight excluding hydrogens is 356 g/mol. The van der Waals surface area contributed by atoms with Crippen molar-refractivity contribution in [1.29, 1.82) is 0 Å². The van der Waals surface area contributed by atoms with Gasteiger partial charge in [0, 0.05) is 16.5 Å². The van der Waals surface area contributed by atoms with Gasteiger partial charge in [-0.05, 0) is 35.7 Å². The lowest BCUT2D eigenvalue weighted by atomic mass is 10.1. The Kier molecular flexibility index (Phi) is 5.06. The van der Waals surface area contributed by atoms with Gasteiger partial charge in [0.2, 0.25) is 0 Å². The predicted molar refractivity (Wildman–Crippen MR) is 104 cm³/mol. The molecule has 2 aromatic heterocycles. The lowest BCUT2D eigenvalue weighted by Gasteiger charge is -2.21. The van der Waals surface area contributed by atoms with E-state index in [-0.39, 0.29) is 11.9 Å². The molecule has 0 bridgehead atoms. The summed E-state index contributed by atoms with van der Waals surface area (Å²) in [7, 11) is 0. The van der Waals surface area contributed by atoms with Crippen LogP contribution in [-0.2, 0) is 4.79 Å². The molecule has 4 rings (SSSR count). The van der Waals surface area contributed by atoms with Crippen molar-refractivity contribution in [3.05, 3.63) is 44.8 Å². The molecule has 3 heterocycles. The predicted octanol–water partition coefficient (Wildman–Crippen LogP) is 5.16. The first-order chi connectivity index (χ1) is 11.8. The van der Waals surface area contributed by atoms with Gasteiger partial charge in [0.25, 0.3) is 5.91 Å². The Morgan fingerprint density at radius 2 is 2.00 bits per heavy atom. The van der Waals surface area contributed by atoms with Crippen molar-refractivity contribution in [1.82, 2.24) is 5.01 Å². The average Bonchev–Trinajstić information content (AvgIpc) is 3.40. The molecule has 126 valence electrons. The van der Waals surface area contributed by atoms with Gasteiger partial charge in [-0.3, -0.25) is 4.79 Å². The van der Waals surface area contributed by atoms with E-state index in [9.17, 15) is 4.79 Å². The highest BCUT2D eigenvalue weighted by atomic mass is 32.2. The van der Waals surface area contributed by atoms with Crippen LogP contribution in [0.5, 0.6) is 0 Å². The number of amides is 1. The van der Waals surface area contributed by atoms with Crippen LogP contribution in [-0.4, -0.2) is 27.6 Å². The number of thiophene rings is 2. The summed E-state index contributed by atoms with van der Waals surface area (Å²) >= 11 is 5.23. The first-order valence-corrected chi connectivity index (χ1v) is 11.2. The molecule has 0 saturated heterocycles. The molecule has 2 aromatic rings. The van der Waals surface area contributed by atoms with Crippen LogP contribution in [0.3, 0.4) is 0 Å². The third-order valence-corrected chi connectivity index (χ3v) is 7.84. The fourth-order valence-electron chi connectivity index (χ4n) is 3.34. The van der Waals surface area contributed by atoms with Crippen LogP contribution in [0.15, 0.2) is 40.1 Å². The highest BCUT2D eigenvalue weighted by Gasteiger charge is 2.34. The Hall–Kier alpha value is -1.11. The summed E-state index contributed by atoms with van der Waals surface area (Å²) in [5, 5.41) is 11.3. The van der Waals surface area contributed by atoms with E-state index in [2.05, 4.69) is 29.0 Å². The molecule has 0 spiro atoms. The third kappa shape index (κ3) is 3.46. The topological polar surface area (TPSA) is 32.7 Å². The standard InChI is InChI=1S/C18H20N2OS3/c21-18(12-24-13-5-1-2-6-13)20-15(17-8-4-10-23-17)11-14(19-20)16-7-3-9-22-16/h3-4,7-10,13,15H,1-2,5-6,11-12H2/t15-/m0/s1. The first kappa shape index (κ1) is 16.4. The number of carbonyl (C=O) groups excluding carboxylic acids is 1. The van der Waals surface area contributed by atoms with Gasteiger partial charge in [0.15, 0.2) is 0 Å². The van der Waals surface area contributed by atoms with Gasteiger partial charge < -0.3 is 0 Å². The Balaban J connectivity index is 1.50. The van der Waals surface area contributed by atoms with Crippen molar-refractivity contribution in [2.45, 2.75) is 43.4 Å². The Labute approximate surface area is 154 Å². The van der Waals surface area contributed by atoms with Crippen LogP contribution in [0.2, 0.25) is 0 Å². The Morgan fingerprint density at radius 3 is 2.71 bits per heavy atom. The number of hydrogen-bond donors (Lipinski definition) is 0. The molecule has 24 heavy (non-hydrogen) atoms. The van der Waals surface area contributed by atoms with E-state index in [1.165, 1.54) is 35.4 Å². The zero-order chi connectivity index (χ0) is 16.4. The van der Waals surface area contributed by atoms with Gasteiger partial charge >= 0.3 is 0 Å². The van der Waals surface area contributed by atoms with E-state index in [4.69, 9.17) is 5.10 Å². The minimum atomic E-state index is 0.0683. The lowest BCUT2D eigenvalue weighted by Crippen LogP contribution is -2.28. The van der Waals surface area contributed by atoms with E-state index < -0.39 is 0 Å². The molecule has 0 aromatic carbocycles. The average molecular weight is 377 g/mol. The minimum Gasteiger partial charge on any atom is -0.272 e. The third-order valence-electron chi connectivity index (χ3n) is 4.59. The second-order valence-corrected chi connectivity index (χ2v) is 9.43. The molecule has 0 unspecified atom stereocenters. The number of carbonyl (C=O) groups is 1. The summed E-state index contributed by atoms with van der Waals surface area (Å²) in [6.45, 7) is 0. The summed E-state index contributed by atoms with van der Waals surface area (Å²) in [6.07, 6.45) is 5.97. The Morgan fingerprint density at radius 1 is 1.21 bits per heavy atom. The van der Waals surface area contributed by atoms with Gasteiger partial charge in [0.1, 0.15) is 0 Å². The molecule has 6 heteroatoms. The van der Waals surface area contributed by atoms with E-state index >= 15 is 0 Å². The smallest absolute Gasteiger partial charge is 0.253 e. The van der Waals surface area contributed by atoms with Crippen molar-refractivity contribution < 1.29 is 4.79 Å². The van der Waals surface area contributed by atoms with Crippen LogP contribution >= 0.6 is 34.4 Å². The largest absolute Gasteiger partial charge is 0.272 e. The van der Waals surface area contributed by atoms with Crippen LogP contribution in [0.4, 0.5) is 0 Å². The number of hydrogen-bond acceptors (Lipinski definition) is 5. The van der Waals surface area contributed by atoms with Crippen LogP contribution < -0.4 is 0 Å². The molecule has 1 atom stereocenters. The zero-order valence-electron chi connectivity index (χ0n) is 13.4. The minimum absolute atomic E-state index is 0.0683. The normalized spacial score (nSPS) is 21.4. The van der Waals surface area contributed by atoms with Crippen molar-refractivity contribution in [3.63, 3.8) is 0 Å². The van der Waals surface area contributed by atoms with Gasteiger partial charge in [-0.15, -0.1) is 34.4 Å². The molecule has 1 fully saturated rings. The maximum atomic E-state index is 12.8. The summed E-state index contributed by atoms with van der Waals surface area (Å²) < 4.78 is 0. The summed E-state index contributed by atoms with van der Waals surface area (Å²) in [4.78, 5) is 15.2. The van der Waals surface area contributed by atoms with E-state index in [1.54, 1.807) is 27.7 Å². The molecule has 0 N–H and O–H groups in total. The highest BCUT2D eigenvalue weighted by Crippen LogP contribution is 2.37. The second-order valence-electron chi connectivity index (χ2n) is 6.22. The molecule has 1 aliphatic heterocycles. The maximum absolute atomic E-state index is 12.8. The van der Waals surface area contributed by atoms with E-state index in [0.29, 0.717) is 11.0 Å². The quantitative estimate of drug-likeness (QED) is 0.722. The maximum Gasteiger partial charge on any atom is 0.253 e. The lowest BCUT2D eigenvalue weighted by molar-refractivity contribution is -0.130. The van der Waals surface area contributed by atoms with Gasteiger partial charge in [-0.25, -0.2) is 5.01 Å². The molecule has 1 aliphatic carbocycles. The van der Waals surface area contributed by atoms with Crippen molar-refractivity contribution in [3.8, 4) is 0 Å². The summed E-state index contributed by atoms with van der Waals surface area (Å²) in [6, 6.07) is 8.38. The number of thioether (sulfide) groups is 1. The fourth-order valence-corrected chi connectivity index (χ4v) is 6.05. The van der Waals surface area contributed by atoms with Gasteiger partial charge in [-0.2, -0.15) is 5.10 Å². The highest BCUT2D eigenvalue weighted by molar-refractivity contribution is 8.00. The van der Waals surface area contributed by atoms with Gasteiger partial charge in [0.05, 0.1) is 22.4 Å². The number of nitrogens with zero attached hydrogens (tertiary/aromatic N) is 2. The number of hydrazone groups is 1. The Bertz CT molecular complexity index is 703. The van der Waals surface area contributed by atoms with Crippen molar-refractivity contribution >= 4 is 46.1 Å². The molecule has 3 nitrogen and oxygen atoms in total. The first-order valence-electron chi connectivity index (χ1n) is 8.39. The monoisotopic (exact) mass is 376 g/mol. The summed E-state index contributed by atoms with van der Waals surface area (Å²) in [5.74, 6) is 0.699. The van der Waals surface area contributed by atoms with Gasteiger partial charge in [-0.1, -0.05) is 25.0 Å². The molecular formula is C18H20N2OS3. The van der Waals surface area contributed by atoms with Crippen LogP contribution in [0.25, 0.3) is 0 Å². The SMILES string of the molecule is O=C(CSC1CCCC1)N1N=C(c2cccs2)C[C@H]1c1cccs1. The second kappa shape index (κ2) is 7.42. The molecule has 0 radical (unpaired) electrons. The van der Waals surface area contributed by atoms with Crippen molar-refractivity contribution in [2.24, 2.45) is 5.10 Å². The van der Waals surface area contributed by atoms with Crippen LogP contribution in [0, 0.1) is 0 Å². The number of rotatable bonds is 5. The molecule has 1 saturated carbocycles. The van der Waals surface area contributed by atoms with E-state index in [1.807, 2.05) is 17.8 Å². The molecule has 1 amide bonds. The zero-order valence-corrected chi connectivity index (χ0v) is 15.8. The van der Waals surface area contributed by atoms with Crippen molar-refractivity contribution in [2.75, 3.05) is 5.75 Å². The summed E-state index contributed by atoms with van der Waals surface area (Å²) in [5.41, 5.74) is 1.04. The van der Waals surface area contributed by atoms with Crippen LogP contribution in [0.1, 0.15) is 47.9 Å². The van der Waals surface area contributed by atoms with E-state index in [0.717, 1.165) is 12.1 Å².